The van der Waals surface area contributed by atoms with Gasteiger partial charge in [-0.1, -0.05) is 29.3 Å². The molecule has 2 N–H and O–H groups in total. The summed E-state index contributed by atoms with van der Waals surface area (Å²) < 4.78 is 10.9. The lowest BCUT2D eigenvalue weighted by Gasteiger charge is -2.14. The standard InChI is InChI=1S/C16H10BrCl2NO4/c1-23-14-7-5-6-24-15(7)11(17)13(21)10(14)16(22)20-12-8(18)3-2-4-9(12)19/h2-6,21H,1H3,(H,20,22). The molecule has 0 aliphatic carbocycles. The number of nitrogens with one attached hydrogen (secondary N) is 1. The molecule has 0 aliphatic rings. The number of para-hydroxylation sites is 1. The lowest BCUT2D eigenvalue weighted by atomic mass is 10.1. The molecule has 0 spiro atoms. The Labute approximate surface area is 155 Å². The van der Waals surface area contributed by atoms with Crippen molar-refractivity contribution in [3.05, 3.63) is 50.6 Å². The van der Waals surface area contributed by atoms with E-state index in [1.165, 1.54) is 13.4 Å². The molecule has 0 fully saturated rings. The van der Waals surface area contributed by atoms with Crippen molar-refractivity contribution in [2.24, 2.45) is 0 Å². The number of hydrogen-bond donors (Lipinski definition) is 2. The van der Waals surface area contributed by atoms with Crippen LogP contribution in [0.3, 0.4) is 0 Å². The summed E-state index contributed by atoms with van der Waals surface area (Å²) in [5, 5.41) is 14.1. The number of ether oxygens (including phenoxy) is 1. The average molecular weight is 431 g/mol. The minimum Gasteiger partial charge on any atom is -0.506 e. The van der Waals surface area contributed by atoms with Crippen molar-refractivity contribution in [3.63, 3.8) is 0 Å². The summed E-state index contributed by atoms with van der Waals surface area (Å²) >= 11 is 15.4. The normalized spacial score (nSPS) is 10.8. The van der Waals surface area contributed by atoms with Gasteiger partial charge >= 0.3 is 0 Å². The fourth-order valence-corrected chi connectivity index (χ4v) is 3.33. The van der Waals surface area contributed by atoms with Crippen molar-refractivity contribution in [1.29, 1.82) is 0 Å². The average Bonchev–Trinajstić information content (AvgIpc) is 3.03. The van der Waals surface area contributed by atoms with Gasteiger partial charge < -0.3 is 19.6 Å². The molecule has 0 saturated heterocycles. The number of aromatic hydroxyl groups is 1. The maximum atomic E-state index is 12.7. The smallest absolute Gasteiger partial charge is 0.263 e. The predicted molar refractivity (Wildman–Crippen MR) is 96.5 cm³/mol. The zero-order chi connectivity index (χ0) is 17.4. The number of methoxy groups -OCH3 is 1. The Morgan fingerprint density at radius 1 is 1.29 bits per heavy atom. The van der Waals surface area contributed by atoms with Crippen LogP contribution in [-0.2, 0) is 0 Å². The van der Waals surface area contributed by atoms with E-state index in [0.29, 0.717) is 11.0 Å². The van der Waals surface area contributed by atoms with Crippen LogP contribution in [0.15, 0.2) is 39.4 Å². The molecule has 124 valence electrons. The van der Waals surface area contributed by atoms with E-state index in [4.69, 9.17) is 32.4 Å². The van der Waals surface area contributed by atoms with Gasteiger partial charge in [0.15, 0.2) is 5.58 Å². The number of benzene rings is 2. The van der Waals surface area contributed by atoms with Crippen LogP contribution in [0.4, 0.5) is 5.69 Å². The highest BCUT2D eigenvalue weighted by Crippen LogP contribution is 2.44. The number of rotatable bonds is 3. The van der Waals surface area contributed by atoms with E-state index >= 15 is 0 Å². The summed E-state index contributed by atoms with van der Waals surface area (Å²) in [6.07, 6.45) is 1.43. The van der Waals surface area contributed by atoms with Crippen LogP contribution in [-0.4, -0.2) is 18.1 Å². The Hall–Kier alpha value is -1.89. The van der Waals surface area contributed by atoms with Crippen LogP contribution in [0.5, 0.6) is 11.5 Å². The lowest BCUT2D eigenvalue weighted by Crippen LogP contribution is -2.14. The van der Waals surface area contributed by atoms with Crippen LogP contribution in [0.25, 0.3) is 11.0 Å². The molecule has 0 aliphatic heterocycles. The predicted octanol–water partition coefficient (Wildman–Crippen LogP) is 5.47. The van der Waals surface area contributed by atoms with Crippen LogP contribution in [0, 0.1) is 0 Å². The van der Waals surface area contributed by atoms with E-state index in [1.54, 1.807) is 24.3 Å². The highest BCUT2D eigenvalue weighted by Gasteiger charge is 2.26. The van der Waals surface area contributed by atoms with Crippen molar-refractivity contribution in [2.75, 3.05) is 12.4 Å². The number of hydrogen-bond acceptors (Lipinski definition) is 4. The van der Waals surface area contributed by atoms with E-state index < -0.39 is 5.91 Å². The summed E-state index contributed by atoms with van der Waals surface area (Å²) in [6, 6.07) is 6.48. The third kappa shape index (κ3) is 2.70. The Morgan fingerprint density at radius 2 is 1.96 bits per heavy atom. The second kappa shape index (κ2) is 6.55. The SMILES string of the molecule is COc1c(C(=O)Nc2c(Cl)cccc2Cl)c(O)c(Br)c2occc12. The van der Waals surface area contributed by atoms with Crippen molar-refractivity contribution in [3.8, 4) is 11.5 Å². The third-order valence-corrected chi connectivity index (χ3v) is 4.78. The molecule has 0 unspecified atom stereocenters. The van der Waals surface area contributed by atoms with E-state index in [2.05, 4.69) is 21.2 Å². The number of carbonyl (C=O) groups excluding carboxylic acids is 1. The molecule has 0 saturated carbocycles. The maximum absolute atomic E-state index is 12.7. The van der Waals surface area contributed by atoms with E-state index in [-0.39, 0.29) is 37.3 Å². The quantitative estimate of drug-likeness (QED) is 0.577. The monoisotopic (exact) mass is 429 g/mol. The van der Waals surface area contributed by atoms with Crippen LogP contribution in [0.2, 0.25) is 10.0 Å². The summed E-state index contributed by atoms with van der Waals surface area (Å²) in [4.78, 5) is 12.7. The topological polar surface area (TPSA) is 71.7 Å². The van der Waals surface area contributed by atoms with Gasteiger partial charge in [-0.15, -0.1) is 0 Å². The zero-order valence-electron chi connectivity index (χ0n) is 12.2. The number of amides is 1. The molecule has 0 atom stereocenters. The third-order valence-electron chi connectivity index (χ3n) is 3.41. The first-order valence-electron chi connectivity index (χ1n) is 6.66. The zero-order valence-corrected chi connectivity index (χ0v) is 15.3. The fourth-order valence-electron chi connectivity index (χ4n) is 2.33. The van der Waals surface area contributed by atoms with Gasteiger partial charge in [0.25, 0.3) is 5.91 Å². The van der Waals surface area contributed by atoms with E-state index in [0.717, 1.165) is 0 Å². The maximum Gasteiger partial charge on any atom is 0.263 e. The Kier molecular flexibility index (Phi) is 4.62. The molecule has 0 bridgehead atoms. The van der Waals surface area contributed by atoms with Crippen LogP contribution < -0.4 is 10.1 Å². The summed E-state index contributed by atoms with van der Waals surface area (Å²) in [5.74, 6) is -0.752. The molecule has 8 heteroatoms. The summed E-state index contributed by atoms with van der Waals surface area (Å²) in [7, 11) is 1.40. The minimum atomic E-state index is -0.622. The van der Waals surface area contributed by atoms with Crippen molar-refractivity contribution in [2.45, 2.75) is 0 Å². The minimum absolute atomic E-state index is 0.0609. The number of phenols is 1. The number of carbonyl (C=O) groups is 1. The summed E-state index contributed by atoms with van der Waals surface area (Å²) in [5.41, 5.74) is 0.557. The first-order valence-corrected chi connectivity index (χ1v) is 8.21. The van der Waals surface area contributed by atoms with E-state index in [9.17, 15) is 9.90 Å². The fraction of sp³-hybridized carbons (Fsp3) is 0.0625. The van der Waals surface area contributed by atoms with Crippen LogP contribution in [0.1, 0.15) is 10.4 Å². The number of fused-ring (bicyclic) bond motifs is 1. The molecule has 24 heavy (non-hydrogen) atoms. The molecular weight excluding hydrogens is 421 g/mol. The first-order chi connectivity index (χ1) is 11.5. The second-order valence-corrected chi connectivity index (χ2v) is 6.39. The van der Waals surface area contributed by atoms with Crippen molar-refractivity contribution < 1.29 is 19.1 Å². The van der Waals surface area contributed by atoms with Gasteiger partial charge in [-0.3, -0.25) is 4.79 Å². The summed E-state index contributed by atoms with van der Waals surface area (Å²) in [6.45, 7) is 0. The largest absolute Gasteiger partial charge is 0.506 e. The van der Waals surface area contributed by atoms with Gasteiger partial charge in [0, 0.05) is 0 Å². The van der Waals surface area contributed by atoms with Gasteiger partial charge in [0.2, 0.25) is 0 Å². The Balaban J connectivity index is 2.15. The molecule has 3 rings (SSSR count). The molecule has 1 aromatic heterocycles. The van der Waals surface area contributed by atoms with Gasteiger partial charge in [0.05, 0.1) is 34.5 Å². The van der Waals surface area contributed by atoms with Crippen molar-refractivity contribution >= 4 is 61.7 Å². The highest BCUT2D eigenvalue weighted by molar-refractivity contribution is 9.10. The van der Waals surface area contributed by atoms with Gasteiger partial charge in [-0.25, -0.2) is 0 Å². The number of phenolic OH excluding ortho intramolecular Hbond substituents is 1. The van der Waals surface area contributed by atoms with Crippen LogP contribution >= 0.6 is 39.1 Å². The molecular formula is C16H10BrCl2NO4. The van der Waals surface area contributed by atoms with Gasteiger partial charge in [0.1, 0.15) is 21.5 Å². The number of furan rings is 1. The lowest BCUT2D eigenvalue weighted by molar-refractivity contribution is 0.102. The molecule has 0 radical (unpaired) electrons. The number of anilines is 1. The molecule has 5 nitrogen and oxygen atoms in total. The molecule has 1 amide bonds. The van der Waals surface area contributed by atoms with Crippen molar-refractivity contribution in [1.82, 2.24) is 0 Å². The highest BCUT2D eigenvalue weighted by atomic mass is 79.9. The van der Waals surface area contributed by atoms with Gasteiger partial charge in [-0.2, -0.15) is 0 Å². The molecule has 1 heterocycles. The second-order valence-electron chi connectivity index (χ2n) is 4.79. The first kappa shape index (κ1) is 17.0. The molecule has 2 aromatic carbocycles. The Morgan fingerprint density at radius 3 is 2.58 bits per heavy atom. The van der Waals surface area contributed by atoms with E-state index in [1.807, 2.05) is 0 Å². The Bertz CT molecular complexity index is 935. The number of halogens is 3. The molecule has 3 aromatic rings. The van der Waals surface area contributed by atoms with Gasteiger partial charge in [-0.05, 0) is 34.1 Å².